The average molecular weight is 325 g/mol. The second-order valence-electron chi connectivity index (χ2n) is 6.19. The molecule has 0 saturated heterocycles. The van der Waals surface area contributed by atoms with E-state index < -0.39 is 8.32 Å². The summed E-state index contributed by atoms with van der Waals surface area (Å²) < 4.78 is 6.64. The molecule has 2 heteroatoms. The van der Waals surface area contributed by atoms with Crippen LogP contribution in [0.5, 0.6) is 0 Å². The molecule has 0 amide bonds. The van der Waals surface area contributed by atoms with Crippen molar-refractivity contribution < 1.29 is 4.43 Å². The highest BCUT2D eigenvalue weighted by molar-refractivity contribution is 6.79. The fourth-order valence-electron chi connectivity index (χ4n) is 2.76. The molecule has 0 N–H and O–H groups in total. The zero-order valence-electron chi connectivity index (χ0n) is 14.8. The van der Waals surface area contributed by atoms with Crippen molar-refractivity contribution in [1.82, 2.24) is 0 Å². The number of hydrogen-bond acceptors (Lipinski definition) is 1. The quantitative estimate of drug-likeness (QED) is 0.542. The van der Waals surface area contributed by atoms with Gasteiger partial charge in [0.2, 0.25) is 8.32 Å². The van der Waals surface area contributed by atoms with Gasteiger partial charge in [-0.05, 0) is 37.1 Å². The molecule has 2 aromatic carbocycles. The van der Waals surface area contributed by atoms with Crippen molar-refractivity contribution in [2.75, 3.05) is 0 Å². The standard InChI is InChI=1S/C21H28OSi/c1-5-23(6-2,17-16-20-10-8-7-9-11-20)22-19(4)21-14-12-18(3)13-15-21/h7-17,19H,5-6H2,1-4H3. The Bertz CT molecular complexity index is 612. The minimum Gasteiger partial charge on any atom is -0.406 e. The van der Waals surface area contributed by atoms with Gasteiger partial charge in [0.25, 0.3) is 0 Å². The summed E-state index contributed by atoms with van der Waals surface area (Å²) in [6.07, 6.45) is 2.38. The first-order valence-electron chi connectivity index (χ1n) is 8.57. The number of benzene rings is 2. The molecule has 122 valence electrons. The molecule has 1 unspecified atom stereocenters. The van der Waals surface area contributed by atoms with E-state index in [1.54, 1.807) is 0 Å². The van der Waals surface area contributed by atoms with Crippen LogP contribution >= 0.6 is 0 Å². The predicted octanol–water partition coefficient (Wildman–Crippen LogP) is 6.31. The van der Waals surface area contributed by atoms with Gasteiger partial charge in [0.05, 0.1) is 6.10 Å². The van der Waals surface area contributed by atoms with E-state index in [1.807, 2.05) is 0 Å². The molecule has 23 heavy (non-hydrogen) atoms. The Morgan fingerprint density at radius 3 is 2.13 bits per heavy atom. The van der Waals surface area contributed by atoms with Crippen LogP contribution in [0.15, 0.2) is 60.3 Å². The fourth-order valence-corrected chi connectivity index (χ4v) is 5.48. The third-order valence-electron chi connectivity index (χ3n) is 4.53. The van der Waals surface area contributed by atoms with Crippen LogP contribution in [0.1, 0.15) is 43.6 Å². The maximum Gasteiger partial charge on any atom is 0.217 e. The van der Waals surface area contributed by atoms with E-state index in [4.69, 9.17) is 4.43 Å². The first-order chi connectivity index (χ1) is 11.1. The molecule has 1 atom stereocenters. The fraction of sp³-hybridized carbons (Fsp3) is 0.333. The molecular weight excluding hydrogens is 296 g/mol. The lowest BCUT2D eigenvalue weighted by molar-refractivity contribution is 0.216. The Kier molecular flexibility index (Phi) is 6.37. The topological polar surface area (TPSA) is 9.23 Å². The lowest BCUT2D eigenvalue weighted by Gasteiger charge is -2.30. The van der Waals surface area contributed by atoms with Gasteiger partial charge in [0.15, 0.2) is 0 Å². The second kappa shape index (κ2) is 8.28. The molecule has 0 fully saturated rings. The summed E-state index contributed by atoms with van der Waals surface area (Å²) >= 11 is 0. The van der Waals surface area contributed by atoms with Crippen LogP contribution in [0.2, 0.25) is 12.1 Å². The van der Waals surface area contributed by atoms with Gasteiger partial charge in [0, 0.05) is 0 Å². The van der Waals surface area contributed by atoms with Gasteiger partial charge in [-0.3, -0.25) is 0 Å². The summed E-state index contributed by atoms with van der Waals surface area (Å²) in [6, 6.07) is 21.4. The second-order valence-corrected chi connectivity index (χ2v) is 10.3. The van der Waals surface area contributed by atoms with Gasteiger partial charge >= 0.3 is 0 Å². The Hall–Kier alpha value is -1.64. The average Bonchev–Trinajstić information content (AvgIpc) is 2.60. The first kappa shape index (κ1) is 17.7. The minimum atomic E-state index is -1.87. The molecule has 0 heterocycles. The molecule has 2 rings (SSSR count). The van der Waals surface area contributed by atoms with E-state index in [-0.39, 0.29) is 6.10 Å². The highest BCUT2D eigenvalue weighted by atomic mass is 28.4. The van der Waals surface area contributed by atoms with Crippen molar-refractivity contribution in [3.8, 4) is 0 Å². The summed E-state index contributed by atoms with van der Waals surface area (Å²) in [4.78, 5) is 0. The highest BCUT2D eigenvalue weighted by Crippen LogP contribution is 2.28. The van der Waals surface area contributed by atoms with Crippen molar-refractivity contribution in [3.63, 3.8) is 0 Å². The third-order valence-corrected chi connectivity index (χ3v) is 8.53. The van der Waals surface area contributed by atoms with Crippen molar-refractivity contribution in [2.45, 2.75) is 45.9 Å². The van der Waals surface area contributed by atoms with E-state index >= 15 is 0 Å². The van der Waals surface area contributed by atoms with Crippen LogP contribution in [0, 0.1) is 6.92 Å². The van der Waals surface area contributed by atoms with Crippen molar-refractivity contribution in [2.24, 2.45) is 0 Å². The zero-order chi connectivity index (χ0) is 16.7. The molecule has 0 saturated carbocycles. The van der Waals surface area contributed by atoms with E-state index in [2.05, 4.69) is 94.1 Å². The summed E-state index contributed by atoms with van der Waals surface area (Å²) in [5.74, 6) is 0. The Morgan fingerprint density at radius 2 is 1.57 bits per heavy atom. The van der Waals surface area contributed by atoms with E-state index in [9.17, 15) is 0 Å². The van der Waals surface area contributed by atoms with E-state index in [0.29, 0.717) is 0 Å². The number of rotatable bonds is 7. The molecule has 0 bridgehead atoms. The van der Waals surface area contributed by atoms with Gasteiger partial charge < -0.3 is 4.43 Å². The zero-order valence-corrected chi connectivity index (χ0v) is 15.8. The molecule has 1 nitrogen and oxygen atoms in total. The largest absolute Gasteiger partial charge is 0.406 e. The number of aryl methyl sites for hydroxylation is 1. The molecule has 0 aliphatic rings. The lowest BCUT2D eigenvalue weighted by Crippen LogP contribution is -2.35. The molecule has 0 spiro atoms. The van der Waals surface area contributed by atoms with Crippen LogP contribution in [0.3, 0.4) is 0 Å². The predicted molar refractivity (Wildman–Crippen MR) is 103 cm³/mol. The monoisotopic (exact) mass is 324 g/mol. The van der Waals surface area contributed by atoms with Crippen LogP contribution < -0.4 is 0 Å². The molecular formula is C21H28OSi. The van der Waals surface area contributed by atoms with Crippen LogP contribution in [-0.4, -0.2) is 8.32 Å². The maximum atomic E-state index is 6.64. The SMILES string of the molecule is CC[Si](C=Cc1ccccc1)(CC)OC(C)c1ccc(C)cc1. The van der Waals surface area contributed by atoms with Gasteiger partial charge in [-0.2, -0.15) is 0 Å². The summed E-state index contributed by atoms with van der Waals surface area (Å²) in [7, 11) is -1.87. The van der Waals surface area contributed by atoms with Crippen LogP contribution in [-0.2, 0) is 4.43 Å². The third kappa shape index (κ3) is 4.92. The first-order valence-corrected chi connectivity index (χ1v) is 11.0. The molecule has 0 aliphatic carbocycles. The van der Waals surface area contributed by atoms with Gasteiger partial charge in [0.1, 0.15) is 0 Å². The Labute approximate surface area is 142 Å². The van der Waals surface area contributed by atoms with Gasteiger partial charge in [-0.15, -0.1) is 0 Å². The maximum absolute atomic E-state index is 6.64. The van der Waals surface area contributed by atoms with Crippen LogP contribution in [0.25, 0.3) is 6.08 Å². The smallest absolute Gasteiger partial charge is 0.217 e. The number of hydrogen-bond donors (Lipinski definition) is 0. The molecule has 0 radical (unpaired) electrons. The highest BCUT2D eigenvalue weighted by Gasteiger charge is 2.30. The summed E-state index contributed by atoms with van der Waals surface area (Å²) in [6.45, 7) is 8.81. The van der Waals surface area contributed by atoms with Gasteiger partial charge in [-0.25, -0.2) is 0 Å². The molecule has 0 aliphatic heterocycles. The Balaban J connectivity index is 2.16. The molecule has 0 aromatic heterocycles. The van der Waals surface area contributed by atoms with Crippen molar-refractivity contribution >= 4 is 14.4 Å². The lowest BCUT2D eigenvalue weighted by atomic mass is 10.1. The van der Waals surface area contributed by atoms with E-state index in [0.717, 1.165) is 12.1 Å². The van der Waals surface area contributed by atoms with Crippen molar-refractivity contribution in [1.29, 1.82) is 0 Å². The van der Waals surface area contributed by atoms with Crippen LogP contribution in [0.4, 0.5) is 0 Å². The summed E-state index contributed by atoms with van der Waals surface area (Å²) in [5, 5.41) is 0. The minimum absolute atomic E-state index is 0.141. The van der Waals surface area contributed by atoms with E-state index in [1.165, 1.54) is 16.7 Å². The van der Waals surface area contributed by atoms with Gasteiger partial charge in [-0.1, -0.05) is 85.8 Å². The normalized spacial score (nSPS) is 13.4. The Morgan fingerprint density at radius 1 is 0.957 bits per heavy atom. The molecule has 2 aromatic rings. The summed E-state index contributed by atoms with van der Waals surface area (Å²) in [5.41, 5.74) is 6.17. The van der Waals surface area contributed by atoms with Crippen molar-refractivity contribution in [3.05, 3.63) is 77.0 Å².